The van der Waals surface area contributed by atoms with Crippen molar-refractivity contribution in [1.29, 1.82) is 0 Å². The highest BCUT2D eigenvalue weighted by Crippen LogP contribution is 2.27. The van der Waals surface area contributed by atoms with E-state index in [-0.39, 0.29) is 5.78 Å². The number of benzene rings is 1. The van der Waals surface area contributed by atoms with E-state index in [2.05, 4.69) is 16.8 Å². The summed E-state index contributed by atoms with van der Waals surface area (Å²) in [5.74, 6) is 0.455. The van der Waals surface area contributed by atoms with Crippen LogP contribution in [0.1, 0.15) is 27.0 Å². The van der Waals surface area contributed by atoms with Gasteiger partial charge in [-0.3, -0.25) is 9.69 Å². The monoisotopic (exact) mass is 276 g/mol. The number of likely N-dealkylation sites (N-methyl/N-ethyl adjacent to an activating group) is 1. The average molecular weight is 276 g/mol. The minimum atomic E-state index is 0.151. The van der Waals surface area contributed by atoms with Crippen LogP contribution in [0.5, 0.6) is 5.75 Å². The lowest BCUT2D eigenvalue weighted by atomic mass is 9.96. The Bertz CT molecular complexity index is 518. The number of rotatable bonds is 3. The van der Waals surface area contributed by atoms with Gasteiger partial charge >= 0.3 is 0 Å². The normalized spacial score (nSPS) is 17.4. The molecule has 0 aliphatic carbocycles. The second kappa shape index (κ2) is 5.94. The summed E-state index contributed by atoms with van der Waals surface area (Å²) in [6, 6.07) is 1.82. The quantitative estimate of drug-likeness (QED) is 0.854. The molecule has 110 valence electrons. The van der Waals surface area contributed by atoms with Gasteiger partial charge in [0.2, 0.25) is 0 Å². The van der Waals surface area contributed by atoms with E-state index in [0.29, 0.717) is 12.3 Å². The molecule has 0 aromatic heterocycles. The van der Waals surface area contributed by atoms with Crippen molar-refractivity contribution in [2.75, 3.05) is 39.8 Å². The molecule has 0 bridgehead atoms. The molecule has 20 heavy (non-hydrogen) atoms. The predicted octanol–water partition coefficient (Wildman–Crippen LogP) is 1.75. The molecule has 0 unspecified atom stereocenters. The first-order valence-electron chi connectivity index (χ1n) is 7.14. The maximum Gasteiger partial charge on any atom is 0.177 e. The maximum atomic E-state index is 12.5. The molecule has 1 N–H and O–H groups in total. The maximum absolute atomic E-state index is 12.5. The van der Waals surface area contributed by atoms with Gasteiger partial charge in [-0.15, -0.1) is 0 Å². The Morgan fingerprint density at radius 3 is 2.35 bits per heavy atom. The smallest absolute Gasteiger partial charge is 0.177 e. The van der Waals surface area contributed by atoms with E-state index in [9.17, 15) is 9.90 Å². The van der Waals surface area contributed by atoms with Crippen molar-refractivity contribution in [1.82, 2.24) is 9.80 Å². The lowest BCUT2D eigenvalue weighted by Gasteiger charge is -2.32. The average Bonchev–Trinajstić information content (AvgIpc) is 2.43. The summed E-state index contributed by atoms with van der Waals surface area (Å²) in [5, 5.41) is 9.92. The minimum Gasteiger partial charge on any atom is -0.507 e. The summed E-state index contributed by atoms with van der Waals surface area (Å²) >= 11 is 0. The van der Waals surface area contributed by atoms with Gasteiger partial charge in [0.15, 0.2) is 5.78 Å². The van der Waals surface area contributed by atoms with E-state index in [0.717, 1.165) is 48.4 Å². The van der Waals surface area contributed by atoms with Crippen molar-refractivity contribution in [3.05, 3.63) is 28.3 Å². The van der Waals surface area contributed by atoms with Crippen molar-refractivity contribution >= 4 is 5.78 Å². The first-order chi connectivity index (χ1) is 9.40. The lowest BCUT2D eigenvalue weighted by Crippen LogP contribution is -2.46. The number of Topliss-reactive ketones (excluding diaryl/α,β-unsaturated/α-hetero) is 1. The van der Waals surface area contributed by atoms with Crippen LogP contribution in [-0.4, -0.2) is 60.5 Å². The van der Waals surface area contributed by atoms with Crippen LogP contribution in [0.15, 0.2) is 6.07 Å². The van der Waals surface area contributed by atoms with Gasteiger partial charge in [0.25, 0.3) is 0 Å². The van der Waals surface area contributed by atoms with Gasteiger partial charge < -0.3 is 10.0 Å². The number of ketones is 1. The van der Waals surface area contributed by atoms with Crippen molar-refractivity contribution in [2.45, 2.75) is 20.8 Å². The van der Waals surface area contributed by atoms with Gasteiger partial charge in [-0.2, -0.15) is 0 Å². The van der Waals surface area contributed by atoms with Crippen LogP contribution in [0.4, 0.5) is 0 Å². The third-order valence-electron chi connectivity index (χ3n) is 4.32. The number of carbonyl (C=O) groups excluding carboxylic acids is 1. The molecule has 0 saturated carbocycles. The summed E-state index contributed by atoms with van der Waals surface area (Å²) < 4.78 is 0. The minimum absolute atomic E-state index is 0.151. The molecule has 4 heteroatoms. The number of hydrogen-bond acceptors (Lipinski definition) is 4. The zero-order valence-electron chi connectivity index (χ0n) is 12.9. The van der Waals surface area contributed by atoms with E-state index in [4.69, 9.17) is 0 Å². The molecule has 1 heterocycles. The Morgan fingerprint density at radius 1 is 1.15 bits per heavy atom. The van der Waals surface area contributed by atoms with Crippen LogP contribution in [0.25, 0.3) is 0 Å². The zero-order chi connectivity index (χ0) is 14.9. The number of phenols is 1. The molecule has 1 aliphatic heterocycles. The molecule has 0 radical (unpaired) electrons. The molecule has 1 aliphatic rings. The summed E-state index contributed by atoms with van der Waals surface area (Å²) in [5.41, 5.74) is 3.23. The molecule has 1 fully saturated rings. The summed E-state index contributed by atoms with van der Waals surface area (Å²) in [6.45, 7) is 10.00. The summed E-state index contributed by atoms with van der Waals surface area (Å²) in [7, 11) is 2.11. The van der Waals surface area contributed by atoms with Crippen molar-refractivity contribution < 1.29 is 9.90 Å². The SMILES string of the molecule is Cc1cc(C(=O)CN2CCN(C)CC2)c(C)c(C)c1O. The van der Waals surface area contributed by atoms with Crippen LogP contribution in [0, 0.1) is 20.8 Å². The first-order valence-corrected chi connectivity index (χ1v) is 7.14. The third-order valence-corrected chi connectivity index (χ3v) is 4.32. The Kier molecular flexibility index (Phi) is 4.45. The van der Waals surface area contributed by atoms with Crippen LogP contribution >= 0.6 is 0 Å². The van der Waals surface area contributed by atoms with Gasteiger partial charge in [-0.25, -0.2) is 0 Å². The van der Waals surface area contributed by atoms with Crippen LogP contribution in [-0.2, 0) is 0 Å². The molecule has 2 rings (SSSR count). The molecule has 1 saturated heterocycles. The highest BCUT2D eigenvalue weighted by Gasteiger charge is 2.20. The Morgan fingerprint density at radius 2 is 1.75 bits per heavy atom. The predicted molar refractivity (Wildman–Crippen MR) is 80.6 cm³/mol. The first kappa shape index (κ1) is 15.0. The van der Waals surface area contributed by atoms with E-state index in [1.807, 2.05) is 26.8 Å². The zero-order valence-corrected chi connectivity index (χ0v) is 12.9. The number of aromatic hydroxyl groups is 1. The molecule has 0 spiro atoms. The fourth-order valence-electron chi connectivity index (χ4n) is 2.65. The number of carbonyl (C=O) groups is 1. The number of nitrogens with zero attached hydrogens (tertiary/aromatic N) is 2. The van der Waals surface area contributed by atoms with Gasteiger partial charge in [0.05, 0.1) is 6.54 Å². The van der Waals surface area contributed by atoms with Crippen molar-refractivity contribution in [3.63, 3.8) is 0 Å². The highest BCUT2D eigenvalue weighted by atomic mass is 16.3. The Labute approximate surface area is 121 Å². The molecular formula is C16H24N2O2. The standard InChI is InChI=1S/C16H24N2O2/c1-11-9-14(12(2)13(3)16(11)20)15(19)10-18-7-5-17(4)6-8-18/h9,20H,5-8,10H2,1-4H3. The molecular weight excluding hydrogens is 252 g/mol. The fourth-order valence-corrected chi connectivity index (χ4v) is 2.65. The van der Waals surface area contributed by atoms with Crippen LogP contribution < -0.4 is 0 Å². The number of phenolic OH excluding ortho intramolecular Hbond substituents is 1. The molecule has 1 aromatic carbocycles. The lowest BCUT2D eigenvalue weighted by molar-refractivity contribution is 0.0875. The molecule has 4 nitrogen and oxygen atoms in total. The molecule has 0 atom stereocenters. The summed E-state index contributed by atoms with van der Waals surface area (Å²) in [6.07, 6.45) is 0. The van der Waals surface area contributed by atoms with Gasteiger partial charge in [-0.1, -0.05) is 0 Å². The Balaban J connectivity index is 2.14. The third kappa shape index (κ3) is 3.02. The van der Waals surface area contributed by atoms with E-state index in [1.54, 1.807) is 0 Å². The second-order valence-electron chi connectivity index (χ2n) is 5.84. The van der Waals surface area contributed by atoms with Crippen molar-refractivity contribution in [3.8, 4) is 5.75 Å². The van der Waals surface area contributed by atoms with Gasteiger partial charge in [0.1, 0.15) is 5.75 Å². The molecule has 0 amide bonds. The summed E-state index contributed by atoms with van der Waals surface area (Å²) in [4.78, 5) is 17.0. The van der Waals surface area contributed by atoms with Crippen molar-refractivity contribution in [2.24, 2.45) is 0 Å². The topological polar surface area (TPSA) is 43.8 Å². The van der Waals surface area contributed by atoms with Gasteiger partial charge in [-0.05, 0) is 50.6 Å². The number of aryl methyl sites for hydroxylation is 1. The fraction of sp³-hybridized carbons (Fsp3) is 0.562. The Hall–Kier alpha value is -1.39. The highest BCUT2D eigenvalue weighted by molar-refractivity contribution is 5.99. The van der Waals surface area contributed by atoms with E-state index in [1.165, 1.54) is 0 Å². The van der Waals surface area contributed by atoms with E-state index < -0.39 is 0 Å². The van der Waals surface area contributed by atoms with Crippen LogP contribution in [0.3, 0.4) is 0 Å². The number of piperazine rings is 1. The van der Waals surface area contributed by atoms with Gasteiger partial charge in [0, 0.05) is 31.7 Å². The second-order valence-corrected chi connectivity index (χ2v) is 5.84. The number of hydrogen-bond donors (Lipinski definition) is 1. The van der Waals surface area contributed by atoms with E-state index >= 15 is 0 Å². The molecule has 1 aromatic rings. The largest absolute Gasteiger partial charge is 0.507 e. The van der Waals surface area contributed by atoms with Crippen LogP contribution in [0.2, 0.25) is 0 Å².